The van der Waals surface area contributed by atoms with Gasteiger partial charge >= 0.3 is 0 Å². The van der Waals surface area contributed by atoms with Crippen molar-refractivity contribution in [2.45, 2.75) is 6.04 Å². The summed E-state index contributed by atoms with van der Waals surface area (Å²) < 4.78 is 13.6. The molecule has 2 N–H and O–H groups in total. The summed E-state index contributed by atoms with van der Waals surface area (Å²) >= 11 is 0. The fourth-order valence-corrected chi connectivity index (χ4v) is 2.94. The highest BCUT2D eigenvalue weighted by molar-refractivity contribution is 5.84. The lowest BCUT2D eigenvalue weighted by Gasteiger charge is -2.25. The zero-order valence-corrected chi connectivity index (χ0v) is 13.2. The number of halogens is 1. The molecule has 1 unspecified atom stereocenters. The van der Waals surface area contributed by atoms with Crippen LogP contribution < -0.4 is 0 Å². The maximum atomic E-state index is 13.6. The fourth-order valence-electron chi connectivity index (χ4n) is 2.94. The van der Waals surface area contributed by atoms with E-state index >= 15 is 0 Å². The molecule has 0 aliphatic heterocycles. The molecule has 24 heavy (non-hydrogen) atoms. The van der Waals surface area contributed by atoms with Crippen LogP contribution in [0.4, 0.5) is 10.1 Å². The summed E-state index contributed by atoms with van der Waals surface area (Å²) in [6, 6.07) is 7.83. The van der Waals surface area contributed by atoms with Gasteiger partial charge in [0.15, 0.2) is 0 Å². The molecule has 2 aromatic carbocycles. The number of hydrogen-bond acceptors (Lipinski definition) is 4. The van der Waals surface area contributed by atoms with E-state index in [1.54, 1.807) is 26.4 Å². The summed E-state index contributed by atoms with van der Waals surface area (Å²) in [6.45, 7) is 0. The molecule has 1 aromatic heterocycles. The Morgan fingerprint density at radius 2 is 1.96 bits per heavy atom. The number of nitro groups is 1. The molecule has 1 heterocycles. The van der Waals surface area contributed by atoms with Crippen molar-refractivity contribution in [3.63, 3.8) is 0 Å². The normalized spacial score (nSPS) is 12.7. The highest BCUT2D eigenvalue weighted by atomic mass is 19.1. The van der Waals surface area contributed by atoms with Crippen molar-refractivity contribution in [1.29, 1.82) is 0 Å². The number of hydrogen-bond donors (Lipinski definition) is 2. The summed E-state index contributed by atoms with van der Waals surface area (Å²) in [5.74, 6) is -0.422. The quantitative estimate of drug-likeness (QED) is 0.566. The van der Waals surface area contributed by atoms with E-state index in [1.807, 2.05) is 4.90 Å². The molecule has 0 amide bonds. The number of benzene rings is 2. The first kappa shape index (κ1) is 15.9. The molecule has 3 aromatic rings. The summed E-state index contributed by atoms with van der Waals surface area (Å²) in [6.07, 6.45) is 1.73. The van der Waals surface area contributed by atoms with E-state index in [0.29, 0.717) is 10.9 Å². The Morgan fingerprint density at radius 1 is 1.21 bits per heavy atom. The number of aromatic nitrogens is 1. The molecular weight excluding hydrogens is 313 g/mol. The zero-order valence-electron chi connectivity index (χ0n) is 13.2. The van der Waals surface area contributed by atoms with Gasteiger partial charge in [-0.25, -0.2) is 4.39 Å². The monoisotopic (exact) mass is 329 g/mol. The van der Waals surface area contributed by atoms with Crippen LogP contribution in [-0.4, -0.2) is 34.0 Å². The molecule has 0 saturated heterocycles. The number of aromatic amines is 1. The van der Waals surface area contributed by atoms with Crippen LogP contribution >= 0.6 is 0 Å². The van der Waals surface area contributed by atoms with Gasteiger partial charge < -0.3 is 10.1 Å². The number of nitro benzene ring substituents is 1. The van der Waals surface area contributed by atoms with E-state index in [-0.39, 0.29) is 17.3 Å². The summed E-state index contributed by atoms with van der Waals surface area (Å²) in [5.41, 5.74) is 1.76. The average molecular weight is 329 g/mol. The number of fused-ring (bicyclic) bond motifs is 1. The lowest BCUT2D eigenvalue weighted by molar-refractivity contribution is -0.385. The number of nitrogens with zero attached hydrogens (tertiary/aromatic N) is 2. The second kappa shape index (κ2) is 5.93. The van der Waals surface area contributed by atoms with Crippen LogP contribution in [0.25, 0.3) is 10.9 Å². The van der Waals surface area contributed by atoms with Gasteiger partial charge in [0.25, 0.3) is 5.69 Å². The molecule has 0 saturated carbocycles. The third-order valence-corrected chi connectivity index (χ3v) is 4.00. The third-order valence-electron chi connectivity index (χ3n) is 4.00. The molecular formula is C17H16FN3O3. The Labute approximate surface area is 137 Å². The SMILES string of the molecule is CN(C)C(c1cc([N+](=O)[O-])ccc1O)c1c[nH]c2ccc(F)cc12. The van der Waals surface area contributed by atoms with E-state index in [2.05, 4.69) is 4.98 Å². The number of rotatable bonds is 4. The predicted octanol–water partition coefficient (Wildman–Crippen LogP) is 3.57. The van der Waals surface area contributed by atoms with Crippen LogP contribution in [0.15, 0.2) is 42.6 Å². The Morgan fingerprint density at radius 3 is 2.62 bits per heavy atom. The molecule has 0 fully saturated rings. The van der Waals surface area contributed by atoms with Crippen LogP contribution in [-0.2, 0) is 0 Å². The second-order valence-electron chi connectivity index (χ2n) is 5.80. The highest BCUT2D eigenvalue weighted by Gasteiger charge is 2.25. The molecule has 0 radical (unpaired) electrons. The van der Waals surface area contributed by atoms with Crippen LogP contribution in [0.5, 0.6) is 5.75 Å². The molecule has 0 aliphatic carbocycles. The Kier molecular flexibility index (Phi) is 3.94. The van der Waals surface area contributed by atoms with Gasteiger partial charge in [-0.1, -0.05) is 0 Å². The van der Waals surface area contributed by atoms with Crippen LogP contribution in [0.3, 0.4) is 0 Å². The number of aromatic hydroxyl groups is 1. The number of non-ortho nitro benzene ring substituents is 1. The van der Waals surface area contributed by atoms with Gasteiger partial charge in [-0.2, -0.15) is 0 Å². The Hall–Kier alpha value is -2.93. The molecule has 124 valence electrons. The largest absolute Gasteiger partial charge is 0.508 e. The standard InChI is InChI=1S/C17H16FN3O3/c1-20(2)17(13-8-11(21(23)24)4-6-16(13)22)14-9-19-15-5-3-10(18)7-12(14)15/h3-9,17,19,22H,1-2H3. The van der Waals surface area contributed by atoms with E-state index in [0.717, 1.165) is 11.1 Å². The first-order chi connectivity index (χ1) is 11.4. The predicted molar refractivity (Wildman–Crippen MR) is 88.5 cm³/mol. The topological polar surface area (TPSA) is 82.4 Å². The molecule has 3 rings (SSSR count). The van der Waals surface area contributed by atoms with Crippen LogP contribution in [0, 0.1) is 15.9 Å². The van der Waals surface area contributed by atoms with Crippen molar-refractivity contribution in [3.05, 3.63) is 69.7 Å². The Bertz CT molecular complexity index is 921. The molecule has 7 heteroatoms. The molecule has 0 bridgehead atoms. The van der Waals surface area contributed by atoms with Gasteiger partial charge in [0.1, 0.15) is 11.6 Å². The van der Waals surface area contributed by atoms with E-state index in [4.69, 9.17) is 0 Å². The number of phenolic OH excluding ortho intramolecular Hbond substituents is 1. The number of phenols is 1. The minimum atomic E-state index is -0.509. The maximum Gasteiger partial charge on any atom is 0.270 e. The number of nitrogens with one attached hydrogen (secondary N) is 1. The van der Waals surface area contributed by atoms with Crippen molar-refractivity contribution in [3.8, 4) is 5.75 Å². The van der Waals surface area contributed by atoms with E-state index in [1.165, 1.54) is 30.3 Å². The number of H-pyrrole nitrogens is 1. The molecule has 0 aliphatic rings. The summed E-state index contributed by atoms with van der Waals surface area (Å²) in [5, 5.41) is 21.9. The van der Waals surface area contributed by atoms with Crippen molar-refractivity contribution < 1.29 is 14.4 Å². The minimum Gasteiger partial charge on any atom is -0.508 e. The first-order valence-corrected chi connectivity index (χ1v) is 7.28. The highest BCUT2D eigenvalue weighted by Crippen LogP contribution is 2.38. The lowest BCUT2D eigenvalue weighted by atomic mass is 9.96. The zero-order chi connectivity index (χ0) is 17.4. The average Bonchev–Trinajstić information content (AvgIpc) is 2.92. The van der Waals surface area contributed by atoms with E-state index in [9.17, 15) is 19.6 Å². The summed E-state index contributed by atoms with van der Waals surface area (Å²) in [7, 11) is 3.59. The van der Waals surface area contributed by atoms with Crippen molar-refractivity contribution >= 4 is 16.6 Å². The van der Waals surface area contributed by atoms with Gasteiger partial charge in [0, 0.05) is 34.8 Å². The molecule has 6 nitrogen and oxygen atoms in total. The minimum absolute atomic E-state index is 0.0509. The molecule has 1 atom stereocenters. The fraction of sp³-hybridized carbons (Fsp3) is 0.176. The van der Waals surface area contributed by atoms with Crippen LogP contribution in [0.2, 0.25) is 0 Å². The smallest absolute Gasteiger partial charge is 0.270 e. The Balaban J connectivity index is 2.22. The first-order valence-electron chi connectivity index (χ1n) is 7.28. The van der Waals surface area contributed by atoms with Crippen molar-refractivity contribution in [2.24, 2.45) is 0 Å². The molecule has 0 spiro atoms. The van der Waals surface area contributed by atoms with Gasteiger partial charge in [-0.05, 0) is 43.9 Å². The van der Waals surface area contributed by atoms with Crippen LogP contribution in [0.1, 0.15) is 17.2 Å². The lowest BCUT2D eigenvalue weighted by Crippen LogP contribution is -2.21. The third kappa shape index (κ3) is 2.69. The summed E-state index contributed by atoms with van der Waals surface area (Å²) in [4.78, 5) is 15.4. The van der Waals surface area contributed by atoms with Crippen molar-refractivity contribution in [2.75, 3.05) is 14.1 Å². The van der Waals surface area contributed by atoms with Gasteiger partial charge in [0.2, 0.25) is 0 Å². The van der Waals surface area contributed by atoms with Gasteiger partial charge in [0.05, 0.1) is 11.0 Å². The van der Waals surface area contributed by atoms with E-state index < -0.39 is 11.0 Å². The van der Waals surface area contributed by atoms with Gasteiger partial charge in [-0.15, -0.1) is 0 Å². The van der Waals surface area contributed by atoms with Crippen molar-refractivity contribution in [1.82, 2.24) is 9.88 Å². The second-order valence-corrected chi connectivity index (χ2v) is 5.80. The van der Waals surface area contributed by atoms with Gasteiger partial charge in [-0.3, -0.25) is 15.0 Å². The maximum absolute atomic E-state index is 13.6.